The molecule has 108 valence electrons. The molecule has 0 radical (unpaired) electrons. The maximum atomic E-state index is 6.16. The van der Waals surface area contributed by atoms with Crippen LogP contribution < -0.4 is 11.1 Å². The van der Waals surface area contributed by atoms with Crippen LogP contribution in [-0.2, 0) is 0 Å². The molecule has 0 aliphatic heterocycles. The van der Waals surface area contributed by atoms with E-state index in [0.29, 0.717) is 10.8 Å². The maximum Gasteiger partial charge on any atom is 0.148 e. The van der Waals surface area contributed by atoms with Crippen molar-refractivity contribution in [2.24, 2.45) is 0 Å². The van der Waals surface area contributed by atoms with Gasteiger partial charge in [-0.2, -0.15) is 16.9 Å². The van der Waals surface area contributed by atoms with Crippen molar-refractivity contribution in [1.82, 2.24) is 9.78 Å². The predicted octanol–water partition coefficient (Wildman–Crippen LogP) is 3.44. The van der Waals surface area contributed by atoms with Gasteiger partial charge in [0.2, 0.25) is 0 Å². The standard InChI is InChI=1S/C14H26N4S/c1-10(2)18-13(12(15)11(3)17-18)16-9-14(19-4)7-5-6-8-14/h10,16H,5-9,15H2,1-4H3. The topological polar surface area (TPSA) is 55.9 Å². The van der Waals surface area contributed by atoms with E-state index in [1.807, 2.05) is 23.4 Å². The lowest BCUT2D eigenvalue weighted by molar-refractivity contribution is 0.530. The average Bonchev–Trinajstić information content (AvgIpc) is 2.95. The Morgan fingerprint density at radius 3 is 2.58 bits per heavy atom. The van der Waals surface area contributed by atoms with Crippen molar-refractivity contribution in [2.75, 3.05) is 23.9 Å². The molecule has 1 aliphatic rings. The second-order valence-corrected chi connectivity index (χ2v) is 7.11. The van der Waals surface area contributed by atoms with Gasteiger partial charge in [-0.1, -0.05) is 12.8 Å². The Kier molecular flexibility index (Phi) is 4.33. The molecule has 4 nitrogen and oxygen atoms in total. The molecule has 0 saturated heterocycles. The molecule has 1 saturated carbocycles. The Hall–Kier alpha value is -0.840. The highest BCUT2D eigenvalue weighted by atomic mass is 32.2. The molecule has 1 aromatic heterocycles. The van der Waals surface area contributed by atoms with Gasteiger partial charge in [0, 0.05) is 17.3 Å². The Balaban J connectivity index is 2.14. The minimum Gasteiger partial charge on any atom is -0.394 e. The van der Waals surface area contributed by atoms with E-state index in [-0.39, 0.29) is 0 Å². The highest BCUT2D eigenvalue weighted by Gasteiger charge is 2.33. The van der Waals surface area contributed by atoms with Gasteiger partial charge in [0.05, 0.1) is 11.4 Å². The van der Waals surface area contributed by atoms with Crippen LogP contribution in [0.1, 0.15) is 51.3 Å². The summed E-state index contributed by atoms with van der Waals surface area (Å²) in [6, 6.07) is 0.326. The fourth-order valence-electron chi connectivity index (χ4n) is 2.83. The van der Waals surface area contributed by atoms with Gasteiger partial charge in [-0.15, -0.1) is 0 Å². The predicted molar refractivity (Wildman–Crippen MR) is 85.0 cm³/mol. The first kappa shape index (κ1) is 14.6. The number of hydrogen-bond donors (Lipinski definition) is 2. The summed E-state index contributed by atoms with van der Waals surface area (Å²) >= 11 is 1.99. The zero-order chi connectivity index (χ0) is 14.0. The number of nitrogens with two attached hydrogens (primary N) is 1. The number of nitrogens with zero attached hydrogens (tertiary/aromatic N) is 2. The summed E-state index contributed by atoms with van der Waals surface area (Å²) < 4.78 is 2.39. The van der Waals surface area contributed by atoms with Gasteiger partial charge >= 0.3 is 0 Å². The first-order valence-electron chi connectivity index (χ1n) is 7.13. The van der Waals surface area contributed by atoms with E-state index < -0.39 is 0 Å². The van der Waals surface area contributed by atoms with E-state index in [1.54, 1.807) is 0 Å². The molecule has 1 fully saturated rings. The molecule has 0 spiro atoms. The van der Waals surface area contributed by atoms with Crippen LogP contribution in [0.2, 0.25) is 0 Å². The molecule has 0 bridgehead atoms. The van der Waals surface area contributed by atoms with Gasteiger partial charge in [-0.3, -0.25) is 0 Å². The smallest absolute Gasteiger partial charge is 0.148 e. The molecular weight excluding hydrogens is 256 g/mol. The molecule has 2 rings (SSSR count). The minimum atomic E-state index is 0.326. The third-order valence-electron chi connectivity index (χ3n) is 4.15. The lowest BCUT2D eigenvalue weighted by Crippen LogP contribution is -2.31. The fraction of sp³-hybridized carbons (Fsp3) is 0.786. The number of hydrogen-bond acceptors (Lipinski definition) is 4. The molecular formula is C14H26N4S. The third kappa shape index (κ3) is 2.86. The summed E-state index contributed by atoms with van der Waals surface area (Å²) in [5.41, 5.74) is 7.87. The van der Waals surface area contributed by atoms with E-state index in [9.17, 15) is 0 Å². The fourth-order valence-corrected chi connectivity index (χ4v) is 3.74. The van der Waals surface area contributed by atoms with Crippen molar-refractivity contribution in [2.45, 2.75) is 57.2 Å². The largest absolute Gasteiger partial charge is 0.394 e. The number of anilines is 2. The molecule has 0 atom stereocenters. The number of thioether (sulfide) groups is 1. The third-order valence-corrected chi connectivity index (χ3v) is 5.57. The van der Waals surface area contributed by atoms with E-state index in [2.05, 4.69) is 30.5 Å². The average molecular weight is 282 g/mol. The van der Waals surface area contributed by atoms with Gasteiger partial charge in [0.25, 0.3) is 0 Å². The normalized spacial score (nSPS) is 18.2. The second kappa shape index (κ2) is 5.65. The Bertz CT molecular complexity index is 433. The van der Waals surface area contributed by atoms with Gasteiger partial charge in [0.1, 0.15) is 5.82 Å². The minimum absolute atomic E-state index is 0.326. The zero-order valence-corrected chi connectivity index (χ0v) is 13.3. The lowest BCUT2D eigenvalue weighted by atomic mass is 10.1. The SMILES string of the molecule is CSC1(CNc2c(N)c(C)nn2C(C)C)CCCC1. The molecule has 0 amide bonds. The Morgan fingerprint density at radius 1 is 1.42 bits per heavy atom. The van der Waals surface area contributed by atoms with Crippen LogP contribution in [-0.4, -0.2) is 27.3 Å². The van der Waals surface area contributed by atoms with Crippen molar-refractivity contribution in [1.29, 1.82) is 0 Å². The van der Waals surface area contributed by atoms with E-state index >= 15 is 0 Å². The van der Waals surface area contributed by atoms with Gasteiger partial charge in [0.15, 0.2) is 0 Å². The molecule has 0 aromatic carbocycles. The summed E-state index contributed by atoms with van der Waals surface area (Å²) in [4.78, 5) is 0. The monoisotopic (exact) mass is 282 g/mol. The van der Waals surface area contributed by atoms with Crippen molar-refractivity contribution in [3.05, 3.63) is 5.69 Å². The molecule has 1 aromatic rings. The van der Waals surface area contributed by atoms with Crippen LogP contribution in [0.15, 0.2) is 0 Å². The molecule has 19 heavy (non-hydrogen) atoms. The summed E-state index contributed by atoms with van der Waals surface area (Å²) in [7, 11) is 0. The Labute approximate surface area is 120 Å². The number of nitrogens with one attached hydrogen (secondary N) is 1. The van der Waals surface area contributed by atoms with Crippen LogP contribution >= 0.6 is 11.8 Å². The Morgan fingerprint density at radius 2 is 2.05 bits per heavy atom. The van der Waals surface area contributed by atoms with Crippen molar-refractivity contribution in [3.63, 3.8) is 0 Å². The highest BCUT2D eigenvalue weighted by Crippen LogP contribution is 2.40. The highest BCUT2D eigenvalue weighted by molar-refractivity contribution is 8.00. The molecule has 1 heterocycles. The summed E-state index contributed by atoms with van der Waals surface area (Å²) in [6.07, 6.45) is 7.52. The number of nitrogen functional groups attached to an aromatic ring is 1. The van der Waals surface area contributed by atoms with Crippen LogP contribution in [0, 0.1) is 6.92 Å². The summed E-state index contributed by atoms with van der Waals surface area (Å²) in [5.74, 6) is 0.993. The van der Waals surface area contributed by atoms with Gasteiger partial charge < -0.3 is 11.1 Å². The van der Waals surface area contributed by atoms with E-state index in [4.69, 9.17) is 5.73 Å². The second-order valence-electron chi connectivity index (χ2n) is 5.83. The van der Waals surface area contributed by atoms with E-state index in [0.717, 1.165) is 23.7 Å². The van der Waals surface area contributed by atoms with Gasteiger partial charge in [-0.25, -0.2) is 4.68 Å². The first-order chi connectivity index (χ1) is 8.99. The van der Waals surface area contributed by atoms with Crippen LogP contribution in [0.3, 0.4) is 0 Å². The van der Waals surface area contributed by atoms with Crippen molar-refractivity contribution >= 4 is 23.3 Å². The quantitative estimate of drug-likeness (QED) is 0.868. The van der Waals surface area contributed by atoms with Crippen LogP contribution in [0.25, 0.3) is 0 Å². The van der Waals surface area contributed by atoms with Crippen molar-refractivity contribution < 1.29 is 0 Å². The van der Waals surface area contributed by atoms with Crippen LogP contribution in [0.4, 0.5) is 11.5 Å². The zero-order valence-electron chi connectivity index (χ0n) is 12.5. The summed E-state index contributed by atoms with van der Waals surface area (Å²) in [5, 5.41) is 8.10. The van der Waals surface area contributed by atoms with E-state index in [1.165, 1.54) is 25.7 Å². The van der Waals surface area contributed by atoms with Gasteiger partial charge in [-0.05, 0) is 39.9 Å². The number of rotatable bonds is 5. The first-order valence-corrected chi connectivity index (χ1v) is 8.35. The lowest BCUT2D eigenvalue weighted by Gasteiger charge is -2.28. The van der Waals surface area contributed by atoms with Crippen LogP contribution in [0.5, 0.6) is 0 Å². The van der Waals surface area contributed by atoms with Crippen molar-refractivity contribution in [3.8, 4) is 0 Å². The molecule has 0 unspecified atom stereocenters. The number of aromatic nitrogens is 2. The number of aryl methyl sites for hydroxylation is 1. The molecule has 1 aliphatic carbocycles. The maximum absolute atomic E-state index is 6.16. The molecule has 5 heteroatoms. The summed E-state index contributed by atoms with van der Waals surface area (Å²) in [6.45, 7) is 7.23. The molecule has 3 N–H and O–H groups in total.